The van der Waals surface area contributed by atoms with Gasteiger partial charge in [0.2, 0.25) is 5.82 Å². The lowest BCUT2D eigenvalue weighted by atomic mass is 10.3. The molecule has 0 radical (unpaired) electrons. The van der Waals surface area contributed by atoms with E-state index in [1.165, 1.54) is 0 Å². The quantitative estimate of drug-likeness (QED) is 0.791. The zero-order valence-corrected chi connectivity index (χ0v) is 10.8. The number of nitrogens with zero attached hydrogens (tertiary/aromatic N) is 2. The fourth-order valence-electron chi connectivity index (χ4n) is 1.74. The van der Waals surface area contributed by atoms with Crippen molar-refractivity contribution in [2.24, 2.45) is 0 Å². The van der Waals surface area contributed by atoms with Gasteiger partial charge in [-0.25, -0.2) is 4.98 Å². The molecule has 0 atom stereocenters. The first kappa shape index (κ1) is 11.8. The van der Waals surface area contributed by atoms with Crippen LogP contribution in [0.3, 0.4) is 0 Å². The molecule has 3 rings (SSSR count). The van der Waals surface area contributed by atoms with Crippen molar-refractivity contribution in [1.29, 1.82) is 0 Å². The summed E-state index contributed by atoms with van der Waals surface area (Å²) >= 11 is 5.97. The zero-order valence-electron chi connectivity index (χ0n) is 10.1. The van der Waals surface area contributed by atoms with Crippen molar-refractivity contribution in [3.63, 3.8) is 0 Å². The maximum absolute atomic E-state index is 5.97. The van der Waals surface area contributed by atoms with Crippen molar-refractivity contribution in [1.82, 2.24) is 10.1 Å². The maximum Gasteiger partial charge on any atom is 0.200 e. The fourth-order valence-corrected chi connectivity index (χ4v) is 1.93. The third-order valence-electron chi connectivity index (χ3n) is 2.64. The van der Waals surface area contributed by atoms with Gasteiger partial charge in [0.25, 0.3) is 0 Å². The van der Waals surface area contributed by atoms with Crippen LogP contribution in [-0.2, 0) is 0 Å². The SMILES string of the molecule is COc1cc(Nc2noc3cccnc23)ccc1Cl. The molecule has 6 heteroatoms. The molecule has 0 aliphatic rings. The molecule has 0 unspecified atom stereocenters. The highest BCUT2D eigenvalue weighted by atomic mass is 35.5. The molecule has 0 amide bonds. The van der Waals surface area contributed by atoms with Crippen molar-refractivity contribution in [2.75, 3.05) is 12.4 Å². The van der Waals surface area contributed by atoms with Crippen molar-refractivity contribution < 1.29 is 9.26 Å². The number of aromatic nitrogens is 2. The number of methoxy groups -OCH3 is 1. The van der Waals surface area contributed by atoms with Gasteiger partial charge < -0.3 is 14.6 Å². The van der Waals surface area contributed by atoms with Crippen LogP contribution < -0.4 is 10.1 Å². The van der Waals surface area contributed by atoms with Crippen molar-refractivity contribution in [2.45, 2.75) is 0 Å². The zero-order chi connectivity index (χ0) is 13.2. The number of hydrogen-bond acceptors (Lipinski definition) is 5. The molecule has 96 valence electrons. The first-order valence-corrected chi connectivity index (χ1v) is 5.96. The summed E-state index contributed by atoms with van der Waals surface area (Å²) in [5, 5.41) is 7.62. The molecule has 0 aliphatic carbocycles. The molecule has 0 aliphatic heterocycles. The molecular formula is C13H10ClN3O2. The lowest BCUT2D eigenvalue weighted by molar-refractivity contribution is 0.415. The number of nitrogens with one attached hydrogen (secondary N) is 1. The van der Waals surface area contributed by atoms with Crippen LogP contribution in [0.25, 0.3) is 11.1 Å². The van der Waals surface area contributed by atoms with E-state index in [0.29, 0.717) is 27.7 Å². The minimum Gasteiger partial charge on any atom is -0.495 e. The Bertz CT molecular complexity index is 727. The van der Waals surface area contributed by atoms with E-state index in [-0.39, 0.29) is 0 Å². The van der Waals surface area contributed by atoms with Crippen LogP contribution in [0, 0.1) is 0 Å². The van der Waals surface area contributed by atoms with Crippen LogP contribution in [0.4, 0.5) is 11.5 Å². The molecule has 0 bridgehead atoms. The molecule has 1 N–H and O–H groups in total. The van der Waals surface area contributed by atoms with E-state index in [0.717, 1.165) is 5.69 Å². The Morgan fingerprint density at radius 1 is 1.32 bits per heavy atom. The lowest BCUT2D eigenvalue weighted by Crippen LogP contribution is -1.93. The molecule has 0 spiro atoms. The number of benzene rings is 1. The molecule has 0 saturated heterocycles. The van der Waals surface area contributed by atoms with Gasteiger partial charge in [-0.3, -0.25) is 0 Å². The molecular weight excluding hydrogens is 266 g/mol. The van der Waals surface area contributed by atoms with Gasteiger partial charge in [0.15, 0.2) is 11.1 Å². The van der Waals surface area contributed by atoms with Crippen molar-refractivity contribution in [3.05, 3.63) is 41.6 Å². The molecule has 19 heavy (non-hydrogen) atoms. The first-order valence-electron chi connectivity index (χ1n) is 5.59. The lowest BCUT2D eigenvalue weighted by Gasteiger charge is -2.06. The van der Waals surface area contributed by atoms with Gasteiger partial charge in [-0.15, -0.1) is 0 Å². The van der Waals surface area contributed by atoms with Gasteiger partial charge in [-0.2, -0.15) is 0 Å². The predicted molar refractivity (Wildman–Crippen MR) is 73.1 cm³/mol. The Kier molecular flexibility index (Phi) is 2.97. The van der Waals surface area contributed by atoms with E-state index < -0.39 is 0 Å². The van der Waals surface area contributed by atoms with Crippen LogP contribution in [0.2, 0.25) is 5.02 Å². The summed E-state index contributed by atoms with van der Waals surface area (Å²) in [5.41, 5.74) is 2.10. The number of ether oxygens (including phenoxy) is 1. The highest BCUT2D eigenvalue weighted by molar-refractivity contribution is 6.32. The van der Waals surface area contributed by atoms with Crippen LogP contribution in [-0.4, -0.2) is 17.3 Å². The summed E-state index contributed by atoms with van der Waals surface area (Å²) in [4.78, 5) is 4.22. The second kappa shape index (κ2) is 4.78. The number of rotatable bonds is 3. The van der Waals surface area contributed by atoms with Crippen molar-refractivity contribution >= 4 is 34.2 Å². The summed E-state index contributed by atoms with van der Waals surface area (Å²) in [6.45, 7) is 0. The van der Waals surface area contributed by atoms with E-state index >= 15 is 0 Å². The molecule has 5 nitrogen and oxygen atoms in total. The minimum atomic E-state index is 0.552. The molecule has 0 saturated carbocycles. The molecule has 3 aromatic rings. The molecule has 1 aromatic carbocycles. The minimum absolute atomic E-state index is 0.552. The van der Waals surface area contributed by atoms with Crippen LogP contribution in [0.5, 0.6) is 5.75 Å². The average Bonchev–Trinajstić information content (AvgIpc) is 2.84. The third kappa shape index (κ3) is 2.20. The summed E-state index contributed by atoms with van der Waals surface area (Å²) < 4.78 is 10.3. The average molecular weight is 276 g/mol. The summed E-state index contributed by atoms with van der Waals surface area (Å²) in [6, 6.07) is 8.96. The Hall–Kier alpha value is -2.27. The van der Waals surface area contributed by atoms with Gasteiger partial charge in [0.1, 0.15) is 5.75 Å². The smallest absolute Gasteiger partial charge is 0.200 e. The van der Waals surface area contributed by atoms with E-state index in [9.17, 15) is 0 Å². The summed E-state index contributed by atoms with van der Waals surface area (Å²) in [6.07, 6.45) is 1.69. The standard InChI is InChI=1S/C13H10ClN3O2/c1-18-11-7-8(4-5-9(11)14)16-13-12-10(19-17-13)3-2-6-15-12/h2-7H,1H3,(H,16,17). The van der Waals surface area contributed by atoms with E-state index in [2.05, 4.69) is 15.5 Å². The van der Waals surface area contributed by atoms with Gasteiger partial charge in [0, 0.05) is 18.0 Å². The largest absolute Gasteiger partial charge is 0.495 e. The van der Waals surface area contributed by atoms with E-state index in [1.54, 1.807) is 31.5 Å². The number of hydrogen-bond donors (Lipinski definition) is 1. The highest BCUT2D eigenvalue weighted by Crippen LogP contribution is 2.30. The Balaban J connectivity index is 1.97. The second-order valence-electron chi connectivity index (χ2n) is 3.86. The monoisotopic (exact) mass is 275 g/mol. The predicted octanol–water partition coefficient (Wildman–Crippen LogP) is 3.63. The number of fused-ring (bicyclic) bond motifs is 1. The normalized spacial score (nSPS) is 10.6. The Labute approximate surface area is 114 Å². The molecule has 0 fully saturated rings. The van der Waals surface area contributed by atoms with Gasteiger partial charge in [-0.1, -0.05) is 16.8 Å². The van der Waals surface area contributed by atoms with E-state index in [1.807, 2.05) is 12.1 Å². The van der Waals surface area contributed by atoms with Crippen molar-refractivity contribution in [3.8, 4) is 5.75 Å². The third-order valence-corrected chi connectivity index (χ3v) is 2.96. The van der Waals surface area contributed by atoms with Crippen LogP contribution >= 0.6 is 11.6 Å². The Morgan fingerprint density at radius 2 is 2.21 bits per heavy atom. The van der Waals surface area contributed by atoms with E-state index in [4.69, 9.17) is 20.9 Å². The van der Waals surface area contributed by atoms with Gasteiger partial charge >= 0.3 is 0 Å². The fraction of sp³-hybridized carbons (Fsp3) is 0.0769. The second-order valence-corrected chi connectivity index (χ2v) is 4.26. The van der Waals surface area contributed by atoms with Gasteiger partial charge in [-0.05, 0) is 24.3 Å². The Morgan fingerprint density at radius 3 is 3.05 bits per heavy atom. The topological polar surface area (TPSA) is 60.2 Å². The van der Waals surface area contributed by atoms with Gasteiger partial charge in [0.05, 0.1) is 12.1 Å². The number of pyridine rings is 1. The highest BCUT2D eigenvalue weighted by Gasteiger charge is 2.10. The van der Waals surface area contributed by atoms with Crippen LogP contribution in [0.1, 0.15) is 0 Å². The summed E-state index contributed by atoms with van der Waals surface area (Å²) in [5.74, 6) is 1.15. The maximum atomic E-state index is 5.97. The number of anilines is 2. The van der Waals surface area contributed by atoms with Crippen LogP contribution in [0.15, 0.2) is 41.1 Å². The first-order chi connectivity index (χ1) is 9.28. The number of halogens is 1. The molecule has 2 heterocycles. The molecule has 2 aromatic heterocycles. The summed E-state index contributed by atoms with van der Waals surface area (Å²) in [7, 11) is 1.57.